The minimum Gasteiger partial charge on any atom is -0.515 e. The second kappa shape index (κ2) is 7.15. The fourth-order valence-corrected chi connectivity index (χ4v) is 2.67. The van der Waals surface area contributed by atoms with E-state index in [1.165, 1.54) is 18.9 Å². The summed E-state index contributed by atoms with van der Waals surface area (Å²) in [6, 6.07) is 10.7. The summed E-state index contributed by atoms with van der Waals surface area (Å²) in [6.45, 7) is 0. The second-order valence-electron chi connectivity index (χ2n) is 3.95. The Labute approximate surface area is 131 Å². The van der Waals surface area contributed by atoms with E-state index in [4.69, 9.17) is 11.6 Å². The van der Waals surface area contributed by atoms with Crippen molar-refractivity contribution in [3.63, 3.8) is 0 Å². The van der Waals surface area contributed by atoms with Gasteiger partial charge in [-0.1, -0.05) is 41.6 Å². The highest BCUT2D eigenvalue weighted by molar-refractivity contribution is 7.99. The maximum absolute atomic E-state index is 11.7. The van der Waals surface area contributed by atoms with Crippen LogP contribution in [-0.2, 0) is 9.53 Å². The lowest BCUT2D eigenvalue weighted by atomic mass is 10.1. The number of hydrogen-bond donors (Lipinski definition) is 1. The van der Waals surface area contributed by atoms with E-state index in [2.05, 4.69) is 9.72 Å². The first-order valence-corrected chi connectivity index (χ1v) is 7.16. The van der Waals surface area contributed by atoms with E-state index in [1.807, 2.05) is 12.1 Å². The Hall–Kier alpha value is -1.98. The number of aliphatic hydroxyl groups is 1. The molecule has 0 saturated heterocycles. The summed E-state index contributed by atoms with van der Waals surface area (Å²) >= 11 is 7.17. The van der Waals surface area contributed by atoms with E-state index in [9.17, 15) is 9.90 Å². The summed E-state index contributed by atoms with van der Waals surface area (Å²) in [5, 5.41) is 10.6. The number of carbonyl (C=O) groups is 1. The molecule has 0 aliphatic rings. The Morgan fingerprint density at radius 1 is 1.33 bits per heavy atom. The van der Waals surface area contributed by atoms with Crippen LogP contribution >= 0.6 is 23.4 Å². The quantitative estimate of drug-likeness (QED) is 0.525. The van der Waals surface area contributed by atoms with E-state index >= 15 is 0 Å². The lowest BCUT2D eigenvalue weighted by Crippen LogP contribution is -2.05. The first kappa shape index (κ1) is 15.4. The lowest BCUT2D eigenvalue weighted by Gasteiger charge is -2.10. The van der Waals surface area contributed by atoms with E-state index in [0.29, 0.717) is 10.6 Å². The maximum Gasteiger partial charge on any atom is 0.341 e. The van der Waals surface area contributed by atoms with E-state index < -0.39 is 5.97 Å². The molecule has 0 aliphatic heterocycles. The van der Waals surface area contributed by atoms with E-state index in [0.717, 1.165) is 16.2 Å². The zero-order valence-electron chi connectivity index (χ0n) is 11.1. The summed E-state index contributed by atoms with van der Waals surface area (Å²) in [5.74, 6) is -0.602. The summed E-state index contributed by atoms with van der Waals surface area (Å²) in [5.41, 5.74) is 0.670. The number of carbonyl (C=O) groups excluding carboxylic acids is 1. The molecule has 0 fully saturated rings. The van der Waals surface area contributed by atoms with Crippen molar-refractivity contribution in [1.82, 2.24) is 4.98 Å². The normalized spacial score (nSPS) is 11.2. The van der Waals surface area contributed by atoms with Crippen LogP contribution in [0.25, 0.3) is 5.57 Å². The Morgan fingerprint density at radius 3 is 2.71 bits per heavy atom. The minimum absolute atomic E-state index is 0.0922. The van der Waals surface area contributed by atoms with Crippen LogP contribution in [0.2, 0.25) is 5.02 Å². The van der Waals surface area contributed by atoms with Gasteiger partial charge in [-0.2, -0.15) is 0 Å². The van der Waals surface area contributed by atoms with Crippen LogP contribution in [0.4, 0.5) is 0 Å². The van der Waals surface area contributed by atoms with Gasteiger partial charge in [0.05, 0.1) is 18.4 Å². The lowest BCUT2D eigenvalue weighted by molar-refractivity contribution is -0.133. The molecule has 6 heteroatoms. The number of rotatable bonds is 4. The maximum atomic E-state index is 11.7. The summed E-state index contributed by atoms with van der Waals surface area (Å²) in [6.07, 6.45) is 2.30. The van der Waals surface area contributed by atoms with E-state index in [1.54, 1.807) is 30.5 Å². The molecule has 2 rings (SSSR count). The van der Waals surface area contributed by atoms with Gasteiger partial charge in [0.15, 0.2) is 0 Å². The van der Waals surface area contributed by atoms with Gasteiger partial charge in [-0.25, -0.2) is 9.78 Å². The molecule has 21 heavy (non-hydrogen) atoms. The van der Waals surface area contributed by atoms with Crippen molar-refractivity contribution in [2.24, 2.45) is 0 Å². The van der Waals surface area contributed by atoms with Crippen LogP contribution in [0.1, 0.15) is 5.56 Å². The van der Waals surface area contributed by atoms with Crippen molar-refractivity contribution in [2.45, 2.75) is 9.92 Å². The van der Waals surface area contributed by atoms with Crippen molar-refractivity contribution >= 4 is 34.9 Å². The number of aliphatic hydroxyl groups excluding tert-OH is 1. The van der Waals surface area contributed by atoms with Gasteiger partial charge in [0, 0.05) is 16.7 Å². The molecule has 0 aliphatic carbocycles. The average molecular weight is 322 g/mol. The molecule has 0 bridgehead atoms. The van der Waals surface area contributed by atoms with Crippen molar-refractivity contribution in [3.05, 3.63) is 59.4 Å². The highest BCUT2D eigenvalue weighted by Gasteiger charge is 2.17. The summed E-state index contributed by atoms with van der Waals surface area (Å²) in [7, 11) is 1.27. The molecular formula is C15H12ClNO3S. The molecule has 0 saturated carbocycles. The van der Waals surface area contributed by atoms with Crippen molar-refractivity contribution < 1.29 is 14.6 Å². The van der Waals surface area contributed by atoms with Gasteiger partial charge in [-0.3, -0.25) is 0 Å². The molecule has 4 nitrogen and oxygen atoms in total. The molecule has 1 aromatic carbocycles. The number of halogens is 1. The van der Waals surface area contributed by atoms with Crippen LogP contribution in [0.15, 0.2) is 58.8 Å². The second-order valence-corrected chi connectivity index (χ2v) is 5.45. The van der Waals surface area contributed by atoms with Gasteiger partial charge in [0.25, 0.3) is 0 Å². The average Bonchev–Trinajstić information content (AvgIpc) is 2.51. The fourth-order valence-electron chi connectivity index (χ4n) is 1.66. The Balaban J connectivity index is 2.37. The molecule has 1 heterocycles. The Kier molecular flexibility index (Phi) is 5.25. The highest BCUT2D eigenvalue weighted by atomic mass is 35.5. The van der Waals surface area contributed by atoms with Gasteiger partial charge in [-0.15, -0.1) is 0 Å². The number of benzene rings is 1. The number of nitrogens with zero attached hydrogens (tertiary/aromatic N) is 1. The number of ether oxygens (including phenoxy) is 1. The number of esters is 1. The number of methoxy groups -OCH3 is 1. The minimum atomic E-state index is -0.602. The molecule has 1 aromatic heterocycles. The monoisotopic (exact) mass is 321 g/mol. The third kappa shape index (κ3) is 3.77. The van der Waals surface area contributed by atoms with Gasteiger partial charge < -0.3 is 9.84 Å². The molecule has 0 atom stereocenters. The van der Waals surface area contributed by atoms with E-state index in [-0.39, 0.29) is 5.57 Å². The van der Waals surface area contributed by atoms with Crippen LogP contribution in [0, 0.1) is 0 Å². The summed E-state index contributed by atoms with van der Waals surface area (Å²) in [4.78, 5) is 16.7. The predicted molar refractivity (Wildman–Crippen MR) is 82.4 cm³/mol. The van der Waals surface area contributed by atoms with Gasteiger partial charge >= 0.3 is 5.97 Å². The molecule has 0 radical (unpaired) electrons. The molecule has 1 N–H and O–H groups in total. The van der Waals surface area contributed by atoms with Crippen LogP contribution in [-0.4, -0.2) is 23.2 Å². The van der Waals surface area contributed by atoms with Gasteiger partial charge in [0.1, 0.15) is 10.6 Å². The summed E-state index contributed by atoms with van der Waals surface area (Å²) < 4.78 is 4.67. The standard InChI is InChI=1S/C15H12ClNO3S/c1-20-15(19)12(9-18)11-4-2-3-5-13(11)21-14-7-6-10(16)8-17-14/h2-9,18H,1H3. The molecule has 0 unspecified atom stereocenters. The predicted octanol–water partition coefficient (Wildman–Crippen LogP) is 3.96. The van der Waals surface area contributed by atoms with Crippen LogP contribution < -0.4 is 0 Å². The molecule has 2 aromatic rings. The smallest absolute Gasteiger partial charge is 0.341 e. The van der Waals surface area contributed by atoms with Crippen molar-refractivity contribution in [1.29, 1.82) is 0 Å². The van der Waals surface area contributed by atoms with Crippen molar-refractivity contribution in [2.75, 3.05) is 7.11 Å². The van der Waals surface area contributed by atoms with Crippen LogP contribution in [0.3, 0.4) is 0 Å². The number of pyridine rings is 1. The topological polar surface area (TPSA) is 59.4 Å². The first-order chi connectivity index (χ1) is 10.2. The largest absolute Gasteiger partial charge is 0.515 e. The van der Waals surface area contributed by atoms with Crippen LogP contribution in [0.5, 0.6) is 0 Å². The molecule has 0 spiro atoms. The first-order valence-electron chi connectivity index (χ1n) is 5.97. The zero-order valence-corrected chi connectivity index (χ0v) is 12.7. The van der Waals surface area contributed by atoms with Gasteiger partial charge in [0.2, 0.25) is 0 Å². The Morgan fingerprint density at radius 2 is 2.10 bits per heavy atom. The van der Waals surface area contributed by atoms with Crippen molar-refractivity contribution in [3.8, 4) is 0 Å². The number of hydrogen-bond acceptors (Lipinski definition) is 5. The fraction of sp³-hybridized carbons (Fsp3) is 0.0667. The van der Waals surface area contributed by atoms with Gasteiger partial charge in [-0.05, 0) is 18.2 Å². The third-order valence-corrected chi connectivity index (χ3v) is 3.88. The third-order valence-electron chi connectivity index (χ3n) is 2.63. The molecule has 108 valence electrons. The number of aromatic nitrogens is 1. The highest BCUT2D eigenvalue weighted by Crippen LogP contribution is 2.33. The molecular weight excluding hydrogens is 310 g/mol. The SMILES string of the molecule is COC(=O)C(=CO)c1ccccc1Sc1ccc(Cl)cn1. The Bertz CT molecular complexity index is 671. The zero-order chi connectivity index (χ0) is 15.2. The molecule has 0 amide bonds.